The second kappa shape index (κ2) is 5.35. The molecule has 6 heteroatoms. The minimum atomic E-state index is -0.482. The number of hydrogen-bond acceptors (Lipinski definition) is 6. The van der Waals surface area contributed by atoms with Crippen LogP contribution in [0.1, 0.15) is 35.2 Å². The molecule has 0 amide bonds. The molecule has 1 aromatic rings. The fourth-order valence-electron chi connectivity index (χ4n) is 1.62. The van der Waals surface area contributed by atoms with Gasteiger partial charge in [-0.05, 0) is 6.42 Å². The minimum absolute atomic E-state index is 0.146. The van der Waals surface area contributed by atoms with Crippen LogP contribution in [-0.2, 0) is 16.2 Å². The van der Waals surface area contributed by atoms with Crippen molar-refractivity contribution in [2.75, 3.05) is 19.0 Å². The first-order valence-electron chi connectivity index (χ1n) is 5.56. The third kappa shape index (κ3) is 2.52. The summed E-state index contributed by atoms with van der Waals surface area (Å²) < 4.78 is 4.66. The van der Waals surface area contributed by atoms with Gasteiger partial charge in [-0.1, -0.05) is 6.92 Å². The summed E-state index contributed by atoms with van der Waals surface area (Å²) >= 11 is 1.78. The maximum atomic E-state index is 11.5. The van der Waals surface area contributed by atoms with Crippen molar-refractivity contribution >= 4 is 23.5 Å². The van der Waals surface area contributed by atoms with Crippen LogP contribution in [0.3, 0.4) is 0 Å². The number of methoxy groups -OCH3 is 1. The Bertz CT molecular complexity index is 437. The molecule has 0 unspecified atom stereocenters. The molecule has 0 bridgehead atoms. The van der Waals surface area contributed by atoms with Crippen molar-refractivity contribution in [1.29, 1.82) is 0 Å². The van der Waals surface area contributed by atoms with E-state index in [1.54, 1.807) is 11.8 Å². The Morgan fingerprint density at radius 3 is 3.00 bits per heavy atom. The number of esters is 1. The van der Waals surface area contributed by atoms with E-state index < -0.39 is 5.97 Å². The zero-order valence-electron chi connectivity index (χ0n) is 9.95. The van der Waals surface area contributed by atoms with Crippen molar-refractivity contribution in [2.24, 2.45) is 0 Å². The van der Waals surface area contributed by atoms with Crippen LogP contribution in [0.2, 0.25) is 0 Å². The van der Waals surface area contributed by atoms with Gasteiger partial charge in [-0.15, -0.1) is 0 Å². The molecule has 0 saturated heterocycles. The number of hydrogen-bond donors (Lipinski definition) is 1. The van der Waals surface area contributed by atoms with Crippen LogP contribution in [0.15, 0.2) is 0 Å². The van der Waals surface area contributed by atoms with Crippen molar-refractivity contribution in [2.45, 2.75) is 24.9 Å². The van der Waals surface area contributed by atoms with E-state index in [1.807, 2.05) is 0 Å². The molecule has 0 aromatic carbocycles. The number of carbonyl (C=O) groups is 1. The van der Waals surface area contributed by atoms with E-state index in [0.29, 0.717) is 0 Å². The molecular formula is C11H15N3O2S. The van der Waals surface area contributed by atoms with Gasteiger partial charge in [-0.25, -0.2) is 14.8 Å². The zero-order valence-corrected chi connectivity index (χ0v) is 10.8. The second-order valence-corrected chi connectivity index (χ2v) is 4.72. The summed E-state index contributed by atoms with van der Waals surface area (Å²) in [5, 5.41) is 3.24. The summed E-state index contributed by atoms with van der Waals surface area (Å²) in [7, 11) is 1.34. The summed E-state index contributed by atoms with van der Waals surface area (Å²) in [6, 6.07) is 0. The van der Waals surface area contributed by atoms with Crippen molar-refractivity contribution in [1.82, 2.24) is 9.97 Å². The normalized spacial score (nSPS) is 13.3. The summed E-state index contributed by atoms with van der Waals surface area (Å²) in [4.78, 5) is 19.9. The highest BCUT2D eigenvalue weighted by molar-refractivity contribution is 7.98. The van der Waals surface area contributed by atoms with Crippen LogP contribution >= 0.6 is 11.8 Å². The van der Waals surface area contributed by atoms with Crippen LogP contribution in [0.25, 0.3) is 0 Å². The van der Waals surface area contributed by atoms with E-state index in [0.717, 1.165) is 41.5 Å². The Morgan fingerprint density at radius 1 is 1.47 bits per heavy atom. The summed E-state index contributed by atoms with van der Waals surface area (Å²) in [6.45, 7) is 2.93. The SMILES string of the molecule is CCCNc1nc(C(=O)OC)nc2c1CSC2. The molecule has 5 nitrogen and oxygen atoms in total. The first-order chi connectivity index (χ1) is 8.26. The van der Waals surface area contributed by atoms with E-state index in [1.165, 1.54) is 7.11 Å². The quantitative estimate of drug-likeness (QED) is 0.826. The molecule has 1 N–H and O–H groups in total. The summed E-state index contributed by atoms with van der Waals surface area (Å²) in [5.41, 5.74) is 2.07. The third-order valence-electron chi connectivity index (χ3n) is 2.49. The van der Waals surface area contributed by atoms with Crippen molar-refractivity contribution < 1.29 is 9.53 Å². The zero-order chi connectivity index (χ0) is 12.3. The lowest BCUT2D eigenvalue weighted by molar-refractivity contribution is 0.0586. The molecule has 0 saturated carbocycles. The molecule has 17 heavy (non-hydrogen) atoms. The maximum Gasteiger partial charge on any atom is 0.376 e. The number of aromatic nitrogens is 2. The summed E-state index contributed by atoms with van der Waals surface area (Å²) in [5.74, 6) is 2.18. The lowest BCUT2D eigenvalue weighted by Crippen LogP contribution is -2.14. The van der Waals surface area contributed by atoms with Gasteiger partial charge in [-0.3, -0.25) is 0 Å². The first-order valence-corrected chi connectivity index (χ1v) is 6.71. The fraction of sp³-hybridized carbons (Fsp3) is 0.545. The number of carbonyl (C=O) groups excluding carboxylic acids is 1. The Labute approximate surface area is 104 Å². The minimum Gasteiger partial charge on any atom is -0.463 e. The van der Waals surface area contributed by atoms with Crippen LogP contribution in [0.4, 0.5) is 5.82 Å². The van der Waals surface area contributed by atoms with Crippen molar-refractivity contribution in [3.63, 3.8) is 0 Å². The van der Waals surface area contributed by atoms with Gasteiger partial charge in [0.25, 0.3) is 0 Å². The number of nitrogens with one attached hydrogen (secondary N) is 1. The highest BCUT2D eigenvalue weighted by Gasteiger charge is 2.22. The lowest BCUT2D eigenvalue weighted by Gasteiger charge is -2.10. The molecule has 0 spiro atoms. The van der Waals surface area contributed by atoms with E-state index in [-0.39, 0.29) is 5.82 Å². The average molecular weight is 253 g/mol. The molecule has 1 aliphatic heterocycles. The number of rotatable bonds is 4. The lowest BCUT2D eigenvalue weighted by atomic mass is 10.2. The van der Waals surface area contributed by atoms with Gasteiger partial charge < -0.3 is 10.1 Å². The molecule has 2 heterocycles. The van der Waals surface area contributed by atoms with Gasteiger partial charge in [0.2, 0.25) is 5.82 Å². The summed E-state index contributed by atoms with van der Waals surface area (Å²) in [6.07, 6.45) is 1.01. The van der Waals surface area contributed by atoms with Crippen LogP contribution in [-0.4, -0.2) is 29.6 Å². The second-order valence-electron chi connectivity index (χ2n) is 3.73. The predicted molar refractivity (Wildman–Crippen MR) is 67.2 cm³/mol. The Kier molecular flexibility index (Phi) is 3.83. The van der Waals surface area contributed by atoms with Gasteiger partial charge in [-0.2, -0.15) is 11.8 Å². The van der Waals surface area contributed by atoms with Crippen molar-refractivity contribution in [3.8, 4) is 0 Å². The fourth-order valence-corrected chi connectivity index (χ4v) is 2.67. The highest BCUT2D eigenvalue weighted by atomic mass is 32.2. The van der Waals surface area contributed by atoms with Gasteiger partial charge in [0.05, 0.1) is 12.8 Å². The molecule has 0 aliphatic carbocycles. The number of nitrogens with zero attached hydrogens (tertiary/aromatic N) is 2. The molecule has 1 aromatic heterocycles. The number of thioether (sulfide) groups is 1. The first kappa shape index (κ1) is 12.2. The molecule has 0 fully saturated rings. The molecule has 92 valence electrons. The van der Waals surface area contributed by atoms with Gasteiger partial charge >= 0.3 is 5.97 Å². The predicted octanol–water partition coefficient (Wildman–Crippen LogP) is 1.83. The van der Waals surface area contributed by atoms with Gasteiger partial charge in [0.1, 0.15) is 5.82 Å². The van der Waals surface area contributed by atoms with Gasteiger partial charge in [0.15, 0.2) is 0 Å². The average Bonchev–Trinajstić information content (AvgIpc) is 2.82. The van der Waals surface area contributed by atoms with Crippen LogP contribution in [0, 0.1) is 0 Å². The number of anilines is 1. The smallest absolute Gasteiger partial charge is 0.376 e. The topological polar surface area (TPSA) is 64.1 Å². The van der Waals surface area contributed by atoms with E-state index in [2.05, 4.69) is 26.9 Å². The van der Waals surface area contributed by atoms with Crippen LogP contribution in [0.5, 0.6) is 0 Å². The highest BCUT2D eigenvalue weighted by Crippen LogP contribution is 2.32. The van der Waals surface area contributed by atoms with Crippen LogP contribution < -0.4 is 5.32 Å². The molecule has 2 rings (SSSR count). The van der Waals surface area contributed by atoms with E-state index in [4.69, 9.17) is 0 Å². The molecular weight excluding hydrogens is 238 g/mol. The number of ether oxygens (including phenoxy) is 1. The maximum absolute atomic E-state index is 11.5. The largest absolute Gasteiger partial charge is 0.463 e. The Morgan fingerprint density at radius 2 is 2.29 bits per heavy atom. The molecule has 0 radical (unpaired) electrons. The molecule has 1 aliphatic rings. The van der Waals surface area contributed by atoms with Gasteiger partial charge in [0, 0.05) is 23.6 Å². The van der Waals surface area contributed by atoms with Crippen molar-refractivity contribution in [3.05, 3.63) is 17.1 Å². The number of fused-ring (bicyclic) bond motifs is 1. The van der Waals surface area contributed by atoms with E-state index in [9.17, 15) is 4.79 Å². The van der Waals surface area contributed by atoms with E-state index >= 15 is 0 Å². The third-order valence-corrected chi connectivity index (χ3v) is 3.46. The Hall–Kier alpha value is -1.30. The molecule has 0 atom stereocenters. The standard InChI is InChI=1S/C11H15N3O2S/c1-3-4-12-9-7-5-17-6-8(7)13-10(14-9)11(15)16-2/h3-6H2,1-2H3,(H,12,13,14). The monoisotopic (exact) mass is 253 g/mol. The Balaban J connectivity index is 2.35.